The number of ether oxygens (including phenoxy) is 2. The Kier molecular flexibility index (Phi) is 7.14. The first kappa shape index (κ1) is 30.6. The lowest BCUT2D eigenvalue weighted by Crippen LogP contribution is -2.66. The van der Waals surface area contributed by atoms with Crippen LogP contribution in [0.5, 0.6) is 0 Å². The summed E-state index contributed by atoms with van der Waals surface area (Å²) in [6.45, 7) is 17.1. The van der Waals surface area contributed by atoms with Crippen molar-refractivity contribution in [3.63, 3.8) is 0 Å². The fourth-order valence-corrected chi connectivity index (χ4v) is 11.6. The van der Waals surface area contributed by atoms with Crippen LogP contribution < -0.4 is 0 Å². The molecule has 5 heteroatoms. The molecule has 4 saturated carbocycles. The molecule has 1 aromatic carbocycles. The Morgan fingerprint density at radius 3 is 2.30 bits per heavy atom. The van der Waals surface area contributed by atoms with E-state index in [1.807, 2.05) is 30.3 Å². The highest BCUT2D eigenvalue weighted by Crippen LogP contribution is 2.75. The third-order valence-corrected chi connectivity index (χ3v) is 14.2. The van der Waals surface area contributed by atoms with E-state index in [1.54, 1.807) is 0 Å². The molecule has 0 bridgehead atoms. The quantitative estimate of drug-likeness (QED) is 0.197. The average molecular weight is 589 g/mol. The number of carbonyl (C=O) groups is 3. The van der Waals surface area contributed by atoms with Crippen LogP contribution in [0.1, 0.15) is 112 Å². The van der Waals surface area contributed by atoms with Crippen molar-refractivity contribution < 1.29 is 23.9 Å². The molecule has 6 rings (SSSR count). The summed E-state index contributed by atoms with van der Waals surface area (Å²) in [5.41, 5.74) is 1.54. The molecule has 1 aromatic rings. The van der Waals surface area contributed by atoms with Crippen LogP contribution >= 0.6 is 0 Å². The van der Waals surface area contributed by atoms with E-state index < -0.39 is 16.9 Å². The summed E-state index contributed by atoms with van der Waals surface area (Å²) in [6.07, 6.45) is 10.2. The Balaban J connectivity index is 1.38. The van der Waals surface area contributed by atoms with Gasteiger partial charge in [-0.05, 0) is 103 Å². The first-order chi connectivity index (χ1) is 20.1. The van der Waals surface area contributed by atoms with Crippen LogP contribution in [0.2, 0.25) is 0 Å². The standard InChI is InChI=1S/C38H52O5/c1-33(2)17-19-38(32(41)42-23-25-11-9-8-10-12-25)20-18-36(6)26(27(38)21-33)13-14-30-35(5)22-28(43-24-39)31(40)34(3,4)29(35)15-16-37(30,36)7/h8-13,24,27-30H,14-23H2,1-7H3/t27-,28?,29-,30?,35-,36+,37+,38-/m0/s1. The molecule has 0 amide bonds. The Morgan fingerprint density at radius 2 is 1.60 bits per heavy atom. The van der Waals surface area contributed by atoms with E-state index in [2.05, 4.69) is 54.5 Å². The molecule has 234 valence electrons. The van der Waals surface area contributed by atoms with Crippen molar-refractivity contribution in [1.29, 1.82) is 0 Å². The highest BCUT2D eigenvalue weighted by atomic mass is 16.5. The molecule has 0 aliphatic heterocycles. The molecule has 0 saturated heterocycles. The highest BCUT2D eigenvalue weighted by molar-refractivity contribution is 5.90. The van der Waals surface area contributed by atoms with Gasteiger partial charge in [0.1, 0.15) is 6.61 Å². The number of Topliss-reactive ketones (excluding diaryl/α,β-unsaturated/α-hetero) is 1. The van der Waals surface area contributed by atoms with Crippen LogP contribution in [0.4, 0.5) is 0 Å². The molecule has 43 heavy (non-hydrogen) atoms. The lowest BCUT2D eigenvalue weighted by Gasteiger charge is -2.70. The van der Waals surface area contributed by atoms with Gasteiger partial charge in [0.15, 0.2) is 11.9 Å². The van der Waals surface area contributed by atoms with E-state index in [1.165, 1.54) is 5.57 Å². The third kappa shape index (κ3) is 4.33. The Hall–Kier alpha value is -2.43. The number of hydrogen-bond acceptors (Lipinski definition) is 5. The predicted octanol–water partition coefficient (Wildman–Crippen LogP) is 8.25. The molecule has 5 aliphatic carbocycles. The second-order valence-corrected chi connectivity index (χ2v) is 16.9. The van der Waals surface area contributed by atoms with E-state index in [9.17, 15) is 14.4 Å². The lowest BCUT2D eigenvalue weighted by molar-refractivity contribution is -0.204. The maximum absolute atomic E-state index is 14.2. The Morgan fingerprint density at radius 1 is 0.907 bits per heavy atom. The largest absolute Gasteiger partial charge is 0.460 e. The second-order valence-electron chi connectivity index (χ2n) is 16.9. The summed E-state index contributed by atoms with van der Waals surface area (Å²) in [5, 5.41) is 0. The van der Waals surface area contributed by atoms with Crippen molar-refractivity contribution in [1.82, 2.24) is 0 Å². The van der Waals surface area contributed by atoms with Crippen LogP contribution in [0.25, 0.3) is 0 Å². The van der Waals surface area contributed by atoms with E-state index >= 15 is 0 Å². The third-order valence-electron chi connectivity index (χ3n) is 14.2. The van der Waals surface area contributed by atoms with E-state index in [4.69, 9.17) is 9.47 Å². The van der Waals surface area contributed by atoms with Crippen molar-refractivity contribution in [2.75, 3.05) is 0 Å². The van der Waals surface area contributed by atoms with Crippen molar-refractivity contribution in [3.8, 4) is 0 Å². The minimum atomic E-state index is -0.674. The molecule has 0 heterocycles. The molecule has 2 unspecified atom stereocenters. The van der Waals surface area contributed by atoms with Crippen molar-refractivity contribution in [3.05, 3.63) is 47.5 Å². The molecule has 8 atom stereocenters. The summed E-state index contributed by atoms with van der Waals surface area (Å²) in [7, 11) is 0. The van der Waals surface area contributed by atoms with E-state index in [0.29, 0.717) is 25.4 Å². The second kappa shape index (κ2) is 10.0. The molecule has 0 radical (unpaired) electrons. The SMILES string of the molecule is CC1(C)CC[C@]2(C(=O)OCc3ccccc3)CC[C@]3(C)C(=CCC4[C@@]5(C)CC(OC=O)C(=O)C(C)(C)[C@@H]5CC[C@]43C)[C@@H]2C1. The van der Waals surface area contributed by atoms with E-state index in [0.717, 1.165) is 56.9 Å². The van der Waals surface area contributed by atoms with Crippen molar-refractivity contribution in [2.24, 2.45) is 50.2 Å². The summed E-state index contributed by atoms with van der Waals surface area (Å²) < 4.78 is 11.6. The number of rotatable bonds is 5. The first-order valence-corrected chi connectivity index (χ1v) is 16.7. The molecule has 0 aromatic heterocycles. The summed E-state index contributed by atoms with van der Waals surface area (Å²) in [5.74, 6) is 0.859. The van der Waals surface area contributed by atoms with Gasteiger partial charge in [-0.15, -0.1) is 0 Å². The molecule has 4 fully saturated rings. The summed E-state index contributed by atoms with van der Waals surface area (Å²) >= 11 is 0. The van der Waals surface area contributed by atoms with Crippen LogP contribution in [-0.4, -0.2) is 24.3 Å². The van der Waals surface area contributed by atoms with Gasteiger partial charge in [0.25, 0.3) is 6.47 Å². The maximum atomic E-state index is 14.2. The maximum Gasteiger partial charge on any atom is 0.313 e. The van der Waals surface area contributed by atoms with Crippen LogP contribution in [0.3, 0.4) is 0 Å². The number of benzene rings is 1. The van der Waals surface area contributed by atoms with Gasteiger partial charge in [0.2, 0.25) is 0 Å². The van der Waals surface area contributed by atoms with Gasteiger partial charge in [0.05, 0.1) is 5.41 Å². The molecule has 5 nitrogen and oxygen atoms in total. The number of fused-ring (bicyclic) bond motifs is 7. The van der Waals surface area contributed by atoms with Gasteiger partial charge in [-0.25, -0.2) is 0 Å². The summed E-state index contributed by atoms with van der Waals surface area (Å²) in [4.78, 5) is 39.1. The van der Waals surface area contributed by atoms with E-state index in [-0.39, 0.29) is 45.2 Å². The molecule has 5 aliphatic rings. The van der Waals surface area contributed by atoms with Crippen molar-refractivity contribution >= 4 is 18.2 Å². The van der Waals surface area contributed by atoms with Gasteiger partial charge >= 0.3 is 5.97 Å². The van der Waals surface area contributed by atoms with Gasteiger partial charge in [-0.3, -0.25) is 14.4 Å². The molecule has 0 spiro atoms. The number of ketones is 1. The number of hydrogen-bond donors (Lipinski definition) is 0. The first-order valence-electron chi connectivity index (χ1n) is 16.7. The monoisotopic (exact) mass is 588 g/mol. The number of allylic oxidation sites excluding steroid dienone is 2. The zero-order valence-electron chi connectivity index (χ0n) is 27.5. The predicted molar refractivity (Wildman–Crippen MR) is 167 cm³/mol. The minimum absolute atomic E-state index is 0.0101. The zero-order valence-corrected chi connectivity index (χ0v) is 27.5. The van der Waals surface area contributed by atoms with Crippen LogP contribution in [0.15, 0.2) is 42.0 Å². The smallest absolute Gasteiger partial charge is 0.313 e. The normalized spacial score (nSPS) is 42.7. The number of esters is 1. The van der Waals surface area contributed by atoms with Crippen molar-refractivity contribution in [2.45, 2.75) is 119 Å². The van der Waals surface area contributed by atoms with Crippen LogP contribution in [-0.2, 0) is 30.5 Å². The highest BCUT2D eigenvalue weighted by Gasteiger charge is 2.70. The van der Waals surface area contributed by atoms with Gasteiger partial charge < -0.3 is 9.47 Å². The average Bonchev–Trinajstić information content (AvgIpc) is 2.95. The Labute approximate surface area is 258 Å². The van der Waals surface area contributed by atoms with Crippen LogP contribution in [0, 0.1) is 50.2 Å². The molecular weight excluding hydrogens is 536 g/mol. The van der Waals surface area contributed by atoms with Gasteiger partial charge in [0, 0.05) is 5.41 Å². The molecule has 0 N–H and O–H groups in total. The topological polar surface area (TPSA) is 69.7 Å². The molecular formula is C38H52O5. The Bertz CT molecular complexity index is 1330. The zero-order chi connectivity index (χ0) is 31.1. The van der Waals surface area contributed by atoms with Gasteiger partial charge in [-0.1, -0.05) is 90.4 Å². The minimum Gasteiger partial charge on any atom is -0.460 e. The fraction of sp³-hybridized carbons (Fsp3) is 0.711. The lowest BCUT2D eigenvalue weighted by atomic mass is 9.33. The van der Waals surface area contributed by atoms with Gasteiger partial charge in [-0.2, -0.15) is 0 Å². The fourth-order valence-electron chi connectivity index (χ4n) is 11.6. The number of carbonyl (C=O) groups excluding carboxylic acids is 3. The summed E-state index contributed by atoms with van der Waals surface area (Å²) in [6, 6.07) is 10.0.